The molecule has 0 bridgehead atoms. The lowest BCUT2D eigenvalue weighted by molar-refractivity contribution is -0.139. The summed E-state index contributed by atoms with van der Waals surface area (Å²) in [5.74, 6) is -1.19. The zero-order chi connectivity index (χ0) is 22.5. The van der Waals surface area contributed by atoms with E-state index < -0.39 is 17.9 Å². The lowest BCUT2D eigenvalue weighted by Crippen LogP contribution is -2.42. The molecule has 0 spiro atoms. The predicted octanol–water partition coefficient (Wildman–Crippen LogP) is 3.55. The molecule has 0 fully saturated rings. The van der Waals surface area contributed by atoms with Crippen LogP contribution in [0.1, 0.15) is 21.5 Å². The van der Waals surface area contributed by atoms with Crippen molar-refractivity contribution in [3.63, 3.8) is 0 Å². The number of carboxylic acids is 1. The molecular formula is C23H21BrN2O5. The fourth-order valence-electron chi connectivity index (χ4n) is 3.22. The highest BCUT2D eigenvalue weighted by molar-refractivity contribution is 9.10. The van der Waals surface area contributed by atoms with Gasteiger partial charge in [0, 0.05) is 22.7 Å². The Morgan fingerprint density at radius 2 is 1.87 bits per heavy atom. The summed E-state index contributed by atoms with van der Waals surface area (Å²) in [6, 6.07) is 12.6. The Morgan fingerprint density at radius 3 is 2.48 bits per heavy atom. The van der Waals surface area contributed by atoms with Crippen LogP contribution in [0.25, 0.3) is 11.1 Å². The van der Waals surface area contributed by atoms with Crippen molar-refractivity contribution in [2.45, 2.75) is 19.4 Å². The molecule has 0 radical (unpaired) electrons. The molecule has 3 N–H and O–H groups in total. The number of carbonyl (C=O) groups excluding carboxylic acids is 1. The molecule has 2 aromatic carbocycles. The number of pyridine rings is 1. The third-order valence-electron chi connectivity index (χ3n) is 4.87. The minimum atomic E-state index is -1.15. The zero-order valence-corrected chi connectivity index (χ0v) is 18.5. The van der Waals surface area contributed by atoms with Gasteiger partial charge in [-0.1, -0.05) is 24.3 Å². The number of aromatic nitrogens is 1. The standard InChI is InChI=1S/C23H21BrN2O5/c1-13-9-10-25-22(28)20(13)15-5-3-14(4-6-15)11-19(23(29)30)26-21(27)17-12-16(31-2)7-8-18(17)24/h3-10,12,19H,11H2,1-2H3,(H,25,28)(H,26,27)(H,29,30)/t19-/m0/s1. The molecular weight excluding hydrogens is 464 g/mol. The molecule has 3 rings (SSSR count). The Balaban J connectivity index is 1.78. The number of amides is 1. The average Bonchev–Trinajstić information content (AvgIpc) is 2.74. The van der Waals surface area contributed by atoms with Crippen molar-refractivity contribution in [2.24, 2.45) is 0 Å². The summed E-state index contributed by atoms with van der Waals surface area (Å²) >= 11 is 3.30. The van der Waals surface area contributed by atoms with Gasteiger partial charge >= 0.3 is 5.97 Å². The van der Waals surface area contributed by atoms with Crippen molar-refractivity contribution in [1.29, 1.82) is 0 Å². The number of aliphatic carboxylic acids is 1. The third-order valence-corrected chi connectivity index (χ3v) is 5.56. The van der Waals surface area contributed by atoms with E-state index in [0.717, 1.165) is 11.1 Å². The molecule has 1 aromatic heterocycles. The number of hydrogen-bond acceptors (Lipinski definition) is 4. The van der Waals surface area contributed by atoms with E-state index in [1.165, 1.54) is 13.2 Å². The summed E-state index contributed by atoms with van der Waals surface area (Å²) in [6.45, 7) is 1.85. The number of nitrogens with one attached hydrogen (secondary N) is 2. The fourth-order valence-corrected chi connectivity index (χ4v) is 3.65. The van der Waals surface area contributed by atoms with Crippen molar-refractivity contribution in [1.82, 2.24) is 10.3 Å². The number of H-pyrrole nitrogens is 1. The van der Waals surface area contributed by atoms with Crippen LogP contribution in [0.5, 0.6) is 5.75 Å². The molecule has 1 atom stereocenters. The lowest BCUT2D eigenvalue weighted by atomic mass is 9.99. The maximum Gasteiger partial charge on any atom is 0.326 e. The second kappa shape index (κ2) is 9.61. The van der Waals surface area contributed by atoms with Gasteiger partial charge in [-0.2, -0.15) is 0 Å². The molecule has 0 aliphatic carbocycles. The zero-order valence-electron chi connectivity index (χ0n) is 16.9. The van der Waals surface area contributed by atoms with E-state index in [1.807, 2.05) is 13.0 Å². The molecule has 0 aliphatic heterocycles. The Morgan fingerprint density at radius 1 is 1.16 bits per heavy atom. The summed E-state index contributed by atoms with van der Waals surface area (Å²) in [6.07, 6.45) is 1.68. The van der Waals surface area contributed by atoms with E-state index in [1.54, 1.807) is 42.6 Å². The van der Waals surface area contributed by atoms with Gasteiger partial charge in [0.15, 0.2) is 0 Å². The quantitative estimate of drug-likeness (QED) is 0.475. The number of hydrogen-bond donors (Lipinski definition) is 3. The molecule has 0 saturated heterocycles. The Kier molecular flexibility index (Phi) is 6.91. The van der Waals surface area contributed by atoms with Gasteiger partial charge in [0.1, 0.15) is 11.8 Å². The first-order chi connectivity index (χ1) is 14.8. The van der Waals surface area contributed by atoms with Crippen LogP contribution in [0.4, 0.5) is 0 Å². The molecule has 7 nitrogen and oxygen atoms in total. The third kappa shape index (κ3) is 5.21. The van der Waals surface area contributed by atoms with Gasteiger partial charge in [-0.15, -0.1) is 0 Å². The van der Waals surface area contributed by atoms with Gasteiger partial charge < -0.3 is 20.1 Å². The van der Waals surface area contributed by atoms with Crippen LogP contribution in [0.15, 0.2) is 64.0 Å². The summed E-state index contributed by atoms with van der Waals surface area (Å²) in [4.78, 5) is 39.2. The highest BCUT2D eigenvalue weighted by Gasteiger charge is 2.23. The van der Waals surface area contributed by atoms with Crippen LogP contribution < -0.4 is 15.6 Å². The molecule has 31 heavy (non-hydrogen) atoms. The maximum absolute atomic E-state index is 12.7. The lowest BCUT2D eigenvalue weighted by Gasteiger charge is -2.16. The van der Waals surface area contributed by atoms with Crippen LogP contribution >= 0.6 is 15.9 Å². The minimum Gasteiger partial charge on any atom is -0.497 e. The van der Waals surface area contributed by atoms with E-state index in [9.17, 15) is 19.5 Å². The van der Waals surface area contributed by atoms with Crippen molar-refractivity contribution in [3.05, 3.63) is 86.2 Å². The van der Waals surface area contributed by atoms with Crippen molar-refractivity contribution in [3.8, 4) is 16.9 Å². The van der Waals surface area contributed by atoms with Gasteiger partial charge in [0.05, 0.1) is 12.7 Å². The first-order valence-corrected chi connectivity index (χ1v) is 10.2. The first-order valence-electron chi connectivity index (χ1n) is 9.45. The Labute approximate surface area is 187 Å². The number of carboxylic acid groups (broad SMARTS) is 1. The van der Waals surface area contributed by atoms with E-state index in [4.69, 9.17) is 4.74 Å². The van der Waals surface area contributed by atoms with Gasteiger partial charge in [-0.25, -0.2) is 4.79 Å². The number of halogens is 1. The molecule has 1 heterocycles. The molecule has 160 valence electrons. The van der Waals surface area contributed by atoms with Crippen LogP contribution in [0.2, 0.25) is 0 Å². The number of aromatic amines is 1. The van der Waals surface area contributed by atoms with Crippen LogP contribution in [0.3, 0.4) is 0 Å². The van der Waals surface area contributed by atoms with Crippen molar-refractivity contribution < 1.29 is 19.4 Å². The largest absolute Gasteiger partial charge is 0.497 e. The second-order valence-electron chi connectivity index (χ2n) is 6.98. The van der Waals surface area contributed by atoms with Gasteiger partial charge in [-0.05, 0) is 63.8 Å². The van der Waals surface area contributed by atoms with E-state index in [2.05, 4.69) is 26.2 Å². The number of aryl methyl sites for hydroxylation is 1. The van der Waals surface area contributed by atoms with E-state index in [0.29, 0.717) is 21.3 Å². The van der Waals surface area contributed by atoms with Crippen LogP contribution in [-0.2, 0) is 11.2 Å². The topological polar surface area (TPSA) is 108 Å². The highest BCUT2D eigenvalue weighted by atomic mass is 79.9. The molecule has 0 aliphatic rings. The molecule has 0 saturated carbocycles. The van der Waals surface area contributed by atoms with Crippen LogP contribution in [-0.4, -0.2) is 35.1 Å². The molecule has 8 heteroatoms. The molecule has 1 amide bonds. The maximum atomic E-state index is 12.7. The first kappa shape index (κ1) is 22.3. The van der Waals surface area contributed by atoms with Crippen molar-refractivity contribution in [2.75, 3.05) is 7.11 Å². The Bertz CT molecular complexity index is 1170. The fraction of sp³-hybridized carbons (Fsp3) is 0.174. The average molecular weight is 485 g/mol. The second-order valence-corrected chi connectivity index (χ2v) is 7.83. The normalized spacial score (nSPS) is 11.6. The van der Waals surface area contributed by atoms with Gasteiger partial charge in [0.2, 0.25) is 0 Å². The number of ether oxygens (including phenoxy) is 1. The predicted molar refractivity (Wildman–Crippen MR) is 121 cm³/mol. The number of benzene rings is 2. The Hall–Kier alpha value is -3.39. The smallest absolute Gasteiger partial charge is 0.326 e. The SMILES string of the molecule is COc1ccc(Br)c(C(=O)N[C@@H](Cc2ccc(-c3c(C)cc[nH]c3=O)cc2)C(=O)O)c1. The molecule has 0 unspecified atom stereocenters. The van der Waals surface area contributed by atoms with Crippen LogP contribution in [0, 0.1) is 6.92 Å². The summed E-state index contributed by atoms with van der Waals surface area (Å²) in [5, 5.41) is 12.2. The van der Waals surface area contributed by atoms with Gasteiger partial charge in [0.25, 0.3) is 11.5 Å². The highest BCUT2D eigenvalue weighted by Crippen LogP contribution is 2.23. The summed E-state index contributed by atoms with van der Waals surface area (Å²) in [7, 11) is 1.49. The number of rotatable bonds is 7. The summed E-state index contributed by atoms with van der Waals surface area (Å²) in [5.41, 5.74) is 2.95. The molecule has 3 aromatic rings. The van der Waals surface area contributed by atoms with Gasteiger partial charge in [-0.3, -0.25) is 9.59 Å². The number of carbonyl (C=O) groups is 2. The monoisotopic (exact) mass is 484 g/mol. The summed E-state index contributed by atoms with van der Waals surface area (Å²) < 4.78 is 5.66. The van der Waals surface area contributed by atoms with E-state index in [-0.39, 0.29) is 17.5 Å². The van der Waals surface area contributed by atoms with Crippen molar-refractivity contribution >= 4 is 27.8 Å². The number of methoxy groups -OCH3 is 1. The minimum absolute atomic E-state index is 0.0903. The van der Waals surface area contributed by atoms with E-state index >= 15 is 0 Å².